The van der Waals surface area contributed by atoms with Crippen molar-refractivity contribution in [2.75, 3.05) is 12.0 Å². The molecular formula is C33H28N2O4. The number of ether oxygens (including phenoxy) is 2. The number of aromatic nitrogens is 1. The molecule has 0 N–H and O–H groups in total. The molecule has 1 aromatic heterocycles. The van der Waals surface area contributed by atoms with Gasteiger partial charge in [0.05, 0.1) is 29.5 Å². The molecule has 5 aromatic rings. The predicted octanol–water partition coefficient (Wildman–Crippen LogP) is 6.97. The molecule has 0 fully saturated rings. The fourth-order valence-corrected chi connectivity index (χ4v) is 5.95. The van der Waals surface area contributed by atoms with E-state index in [1.54, 1.807) is 18.2 Å². The molecule has 194 valence electrons. The van der Waals surface area contributed by atoms with Crippen LogP contribution in [-0.4, -0.2) is 23.6 Å². The zero-order valence-electron chi connectivity index (χ0n) is 22.0. The number of anilines is 2. The number of fused-ring (bicyclic) bond motifs is 2. The van der Waals surface area contributed by atoms with Crippen LogP contribution in [0, 0.1) is 6.92 Å². The summed E-state index contributed by atoms with van der Waals surface area (Å²) in [6, 6.07) is 32.6. The molecule has 0 saturated carbocycles. The molecule has 0 spiro atoms. The molecule has 6 rings (SSSR count). The van der Waals surface area contributed by atoms with Crippen LogP contribution < -0.4 is 4.90 Å². The number of methoxy groups -OCH3 is 1. The molecule has 1 aliphatic heterocycles. The Hall–Kier alpha value is -4.84. The summed E-state index contributed by atoms with van der Waals surface area (Å²) in [5.74, 6) is -0.901. The summed E-state index contributed by atoms with van der Waals surface area (Å²) in [4.78, 5) is 28.7. The van der Waals surface area contributed by atoms with Gasteiger partial charge in [-0.2, -0.15) is 0 Å². The van der Waals surface area contributed by atoms with Crippen molar-refractivity contribution >= 4 is 34.2 Å². The molecule has 6 heteroatoms. The molecule has 6 nitrogen and oxygen atoms in total. The van der Waals surface area contributed by atoms with Crippen LogP contribution in [0.15, 0.2) is 103 Å². The van der Waals surface area contributed by atoms with E-state index >= 15 is 0 Å². The molecule has 1 atom stereocenters. The SMILES string of the molecule is CCn1c(C)c(C2(N(c3ccccc3)c3ccccc3C(=O)OC)OC(=O)c3ccccc32)c2ccccc21. The number of rotatable bonds is 6. The third-order valence-corrected chi connectivity index (χ3v) is 7.52. The second-order valence-electron chi connectivity index (χ2n) is 9.48. The standard InChI is InChI=1S/C33H28N2O4/c1-4-34-22(2)30(25-17-9-12-20-28(25)34)33(27-19-11-8-16-24(27)32(37)39-33)35(23-14-6-5-7-15-23)29-21-13-10-18-26(29)31(36)38-3/h5-21H,4H2,1-3H3. The first-order chi connectivity index (χ1) is 19.0. The normalized spacial score (nSPS) is 16.1. The Bertz CT molecular complexity index is 1720. The summed E-state index contributed by atoms with van der Waals surface area (Å²) in [6.45, 7) is 4.90. The van der Waals surface area contributed by atoms with E-state index in [1.165, 1.54) is 7.11 Å². The lowest BCUT2D eigenvalue weighted by Gasteiger charge is -2.43. The number of benzene rings is 4. The van der Waals surface area contributed by atoms with E-state index in [4.69, 9.17) is 9.47 Å². The van der Waals surface area contributed by atoms with Gasteiger partial charge in [0, 0.05) is 34.4 Å². The van der Waals surface area contributed by atoms with Gasteiger partial charge in [-0.3, -0.25) is 4.90 Å². The van der Waals surface area contributed by atoms with Crippen molar-refractivity contribution in [1.82, 2.24) is 4.57 Å². The van der Waals surface area contributed by atoms with Crippen molar-refractivity contribution in [3.8, 4) is 0 Å². The van der Waals surface area contributed by atoms with Crippen LogP contribution in [0.2, 0.25) is 0 Å². The molecule has 0 amide bonds. The average Bonchev–Trinajstić information content (AvgIpc) is 3.44. The van der Waals surface area contributed by atoms with Gasteiger partial charge in [-0.1, -0.05) is 66.7 Å². The fourth-order valence-electron chi connectivity index (χ4n) is 5.95. The minimum absolute atomic E-state index is 0.362. The number of carbonyl (C=O) groups excluding carboxylic acids is 2. The maximum Gasteiger partial charge on any atom is 0.341 e. The van der Waals surface area contributed by atoms with E-state index in [0.29, 0.717) is 22.4 Å². The van der Waals surface area contributed by atoms with Gasteiger partial charge in [0.2, 0.25) is 5.72 Å². The number of carbonyl (C=O) groups is 2. The van der Waals surface area contributed by atoms with Crippen molar-refractivity contribution in [2.24, 2.45) is 0 Å². The third-order valence-electron chi connectivity index (χ3n) is 7.52. The first-order valence-corrected chi connectivity index (χ1v) is 13.0. The number of aryl methyl sites for hydroxylation is 1. The van der Waals surface area contributed by atoms with Crippen LogP contribution in [-0.2, 0) is 21.7 Å². The first-order valence-electron chi connectivity index (χ1n) is 13.0. The van der Waals surface area contributed by atoms with Crippen molar-refractivity contribution in [1.29, 1.82) is 0 Å². The Balaban J connectivity index is 1.81. The van der Waals surface area contributed by atoms with Crippen LogP contribution in [0.25, 0.3) is 10.9 Å². The molecule has 39 heavy (non-hydrogen) atoms. The van der Waals surface area contributed by atoms with E-state index in [9.17, 15) is 9.59 Å². The Labute approximate surface area is 227 Å². The fraction of sp³-hybridized carbons (Fsp3) is 0.152. The molecular weight excluding hydrogens is 488 g/mol. The minimum atomic E-state index is -1.41. The van der Waals surface area contributed by atoms with Crippen LogP contribution >= 0.6 is 0 Å². The summed E-state index contributed by atoms with van der Waals surface area (Å²) in [6.07, 6.45) is 0. The van der Waals surface area contributed by atoms with E-state index in [0.717, 1.165) is 34.4 Å². The quantitative estimate of drug-likeness (QED) is 0.228. The Kier molecular flexibility index (Phi) is 5.95. The largest absolute Gasteiger partial charge is 0.465 e. The molecule has 2 heterocycles. The van der Waals surface area contributed by atoms with Crippen LogP contribution in [0.5, 0.6) is 0 Å². The minimum Gasteiger partial charge on any atom is -0.465 e. The van der Waals surface area contributed by atoms with Crippen LogP contribution in [0.3, 0.4) is 0 Å². The van der Waals surface area contributed by atoms with Crippen molar-refractivity contribution < 1.29 is 19.1 Å². The maximum absolute atomic E-state index is 13.7. The van der Waals surface area contributed by atoms with E-state index in [1.807, 2.05) is 77.7 Å². The number of nitrogens with zero attached hydrogens (tertiary/aromatic N) is 2. The number of hydrogen-bond acceptors (Lipinski definition) is 5. The van der Waals surface area contributed by atoms with Gasteiger partial charge in [0.1, 0.15) is 0 Å². The first kappa shape index (κ1) is 24.5. The second kappa shape index (κ2) is 9.48. The molecule has 4 aromatic carbocycles. The highest BCUT2D eigenvalue weighted by atomic mass is 16.6. The van der Waals surface area contributed by atoms with Gasteiger partial charge in [-0.25, -0.2) is 9.59 Å². The molecule has 0 saturated heterocycles. The summed E-state index contributed by atoms with van der Waals surface area (Å²) in [5.41, 5.74) is 4.33. The Morgan fingerprint density at radius 2 is 1.56 bits per heavy atom. The summed E-state index contributed by atoms with van der Waals surface area (Å²) in [7, 11) is 1.37. The highest BCUT2D eigenvalue weighted by molar-refractivity contribution is 6.02. The van der Waals surface area contributed by atoms with Gasteiger partial charge in [0.25, 0.3) is 0 Å². The van der Waals surface area contributed by atoms with Gasteiger partial charge >= 0.3 is 11.9 Å². The molecule has 0 bridgehead atoms. The molecule has 1 aliphatic rings. The number of esters is 2. The van der Waals surface area contributed by atoms with Crippen molar-refractivity contribution in [3.63, 3.8) is 0 Å². The van der Waals surface area contributed by atoms with Crippen molar-refractivity contribution in [3.05, 3.63) is 131 Å². The average molecular weight is 517 g/mol. The number of hydrogen-bond donors (Lipinski definition) is 0. The lowest BCUT2D eigenvalue weighted by atomic mass is 9.87. The molecule has 0 radical (unpaired) electrons. The number of para-hydroxylation sites is 3. The lowest BCUT2D eigenvalue weighted by molar-refractivity contribution is 0.0136. The Morgan fingerprint density at radius 3 is 2.33 bits per heavy atom. The zero-order chi connectivity index (χ0) is 27.1. The lowest BCUT2D eigenvalue weighted by Crippen LogP contribution is -2.46. The third kappa shape index (κ3) is 3.56. The van der Waals surface area contributed by atoms with Crippen LogP contribution in [0.1, 0.15) is 44.5 Å². The van der Waals surface area contributed by atoms with Crippen molar-refractivity contribution in [2.45, 2.75) is 26.1 Å². The van der Waals surface area contributed by atoms with Gasteiger partial charge < -0.3 is 14.0 Å². The predicted molar refractivity (Wildman–Crippen MR) is 151 cm³/mol. The summed E-state index contributed by atoms with van der Waals surface area (Å²) >= 11 is 0. The van der Waals surface area contributed by atoms with Gasteiger partial charge in [-0.15, -0.1) is 0 Å². The topological polar surface area (TPSA) is 60.8 Å². The monoisotopic (exact) mass is 516 g/mol. The van der Waals surface area contributed by atoms with Gasteiger partial charge in [0.15, 0.2) is 0 Å². The molecule has 0 aliphatic carbocycles. The maximum atomic E-state index is 13.7. The molecule has 1 unspecified atom stereocenters. The Morgan fingerprint density at radius 1 is 0.897 bits per heavy atom. The summed E-state index contributed by atoms with van der Waals surface area (Å²) in [5, 5.41) is 0.970. The van der Waals surface area contributed by atoms with E-state index in [-0.39, 0.29) is 0 Å². The zero-order valence-corrected chi connectivity index (χ0v) is 22.0. The van der Waals surface area contributed by atoms with Crippen LogP contribution in [0.4, 0.5) is 11.4 Å². The van der Waals surface area contributed by atoms with E-state index < -0.39 is 17.7 Å². The highest BCUT2D eigenvalue weighted by Gasteiger charge is 2.55. The van der Waals surface area contributed by atoms with E-state index in [2.05, 4.69) is 30.5 Å². The smallest absolute Gasteiger partial charge is 0.341 e. The number of cyclic esters (lactones) is 1. The second-order valence-corrected chi connectivity index (χ2v) is 9.48. The highest BCUT2D eigenvalue weighted by Crippen LogP contribution is 2.53. The summed E-state index contributed by atoms with van der Waals surface area (Å²) < 4.78 is 14.0. The van der Waals surface area contributed by atoms with Gasteiger partial charge in [-0.05, 0) is 50.2 Å².